The standard InChI is InChI=1S/C16H20O/c17-16-11-10-13(12-6-2-1-3-7-12)14-8-4-5-9-15(14)16/h4-5,8-9,12-13H,1-3,6-7,10-11H2/t13-/m1/s1. The van der Waals surface area contributed by atoms with Crippen LogP contribution in [0.1, 0.15) is 66.8 Å². The molecule has 2 aliphatic carbocycles. The highest BCUT2D eigenvalue weighted by Gasteiger charge is 2.31. The Morgan fingerprint density at radius 3 is 2.53 bits per heavy atom. The Kier molecular flexibility index (Phi) is 3.00. The first kappa shape index (κ1) is 11.0. The van der Waals surface area contributed by atoms with Crippen molar-refractivity contribution in [2.75, 3.05) is 0 Å². The maximum atomic E-state index is 11.9. The van der Waals surface area contributed by atoms with E-state index in [0.717, 1.165) is 24.3 Å². The highest BCUT2D eigenvalue weighted by molar-refractivity contribution is 5.98. The third kappa shape index (κ3) is 2.03. The van der Waals surface area contributed by atoms with Crippen LogP contribution in [0.3, 0.4) is 0 Å². The molecule has 0 N–H and O–H groups in total. The summed E-state index contributed by atoms with van der Waals surface area (Å²) in [5.41, 5.74) is 2.35. The van der Waals surface area contributed by atoms with Crippen LogP contribution in [0.15, 0.2) is 24.3 Å². The molecule has 0 saturated heterocycles. The van der Waals surface area contributed by atoms with Crippen LogP contribution in [0.2, 0.25) is 0 Å². The summed E-state index contributed by atoms with van der Waals surface area (Å²) in [6, 6.07) is 8.30. The second-order valence-electron chi connectivity index (χ2n) is 5.55. The van der Waals surface area contributed by atoms with E-state index in [4.69, 9.17) is 0 Å². The fourth-order valence-electron chi connectivity index (χ4n) is 3.68. The van der Waals surface area contributed by atoms with Gasteiger partial charge in [0, 0.05) is 12.0 Å². The van der Waals surface area contributed by atoms with Crippen molar-refractivity contribution in [1.82, 2.24) is 0 Å². The predicted molar refractivity (Wildman–Crippen MR) is 69.3 cm³/mol. The third-order valence-electron chi connectivity index (χ3n) is 4.56. The van der Waals surface area contributed by atoms with Crippen molar-refractivity contribution in [2.45, 2.75) is 50.9 Å². The quantitative estimate of drug-likeness (QED) is 0.699. The molecule has 0 amide bonds. The molecule has 1 saturated carbocycles. The predicted octanol–water partition coefficient (Wildman–Crippen LogP) is 4.33. The number of carbonyl (C=O) groups is 1. The van der Waals surface area contributed by atoms with E-state index in [9.17, 15) is 4.79 Å². The minimum atomic E-state index is 0.354. The van der Waals surface area contributed by atoms with Crippen LogP contribution in [-0.2, 0) is 0 Å². The van der Waals surface area contributed by atoms with Gasteiger partial charge in [0.2, 0.25) is 0 Å². The van der Waals surface area contributed by atoms with Crippen LogP contribution in [0, 0.1) is 5.92 Å². The number of rotatable bonds is 1. The molecule has 0 bridgehead atoms. The highest BCUT2D eigenvalue weighted by atomic mass is 16.1. The average molecular weight is 228 g/mol. The molecule has 1 heteroatoms. The van der Waals surface area contributed by atoms with Gasteiger partial charge in [0.05, 0.1) is 0 Å². The molecule has 1 nitrogen and oxygen atoms in total. The van der Waals surface area contributed by atoms with Gasteiger partial charge in [-0.25, -0.2) is 0 Å². The summed E-state index contributed by atoms with van der Waals surface area (Å²) < 4.78 is 0. The van der Waals surface area contributed by atoms with Crippen molar-refractivity contribution < 1.29 is 4.79 Å². The lowest BCUT2D eigenvalue weighted by Crippen LogP contribution is -2.23. The highest BCUT2D eigenvalue weighted by Crippen LogP contribution is 2.42. The Labute approximate surface area is 103 Å². The molecule has 90 valence electrons. The van der Waals surface area contributed by atoms with E-state index >= 15 is 0 Å². The molecule has 0 heterocycles. The molecule has 0 spiro atoms. The Morgan fingerprint density at radius 2 is 1.71 bits per heavy atom. The van der Waals surface area contributed by atoms with E-state index in [1.165, 1.54) is 37.7 Å². The molecular weight excluding hydrogens is 208 g/mol. The molecule has 0 aliphatic heterocycles. The summed E-state index contributed by atoms with van der Waals surface area (Å²) in [7, 11) is 0. The second kappa shape index (κ2) is 4.64. The third-order valence-corrected chi connectivity index (χ3v) is 4.56. The molecular formula is C16H20O. The number of hydrogen-bond donors (Lipinski definition) is 0. The molecule has 3 rings (SSSR count). The zero-order chi connectivity index (χ0) is 11.7. The average Bonchev–Trinajstić information content (AvgIpc) is 2.41. The van der Waals surface area contributed by atoms with Gasteiger partial charge in [-0.05, 0) is 36.7 Å². The van der Waals surface area contributed by atoms with E-state index in [1.54, 1.807) is 0 Å². The lowest BCUT2D eigenvalue weighted by Gasteiger charge is -2.34. The molecule has 2 aliphatic rings. The van der Waals surface area contributed by atoms with Crippen molar-refractivity contribution in [3.63, 3.8) is 0 Å². The van der Waals surface area contributed by atoms with Gasteiger partial charge in [0.25, 0.3) is 0 Å². The normalized spacial score (nSPS) is 25.6. The zero-order valence-corrected chi connectivity index (χ0v) is 10.3. The Bertz CT molecular complexity index is 415. The van der Waals surface area contributed by atoms with Gasteiger partial charge >= 0.3 is 0 Å². The summed E-state index contributed by atoms with van der Waals surface area (Å²) in [6.45, 7) is 0. The van der Waals surface area contributed by atoms with Gasteiger partial charge in [-0.2, -0.15) is 0 Å². The topological polar surface area (TPSA) is 17.1 Å². The van der Waals surface area contributed by atoms with Crippen LogP contribution in [0.4, 0.5) is 0 Å². The summed E-state index contributed by atoms with van der Waals surface area (Å²) >= 11 is 0. The number of ketones is 1. The number of benzene rings is 1. The first-order chi connectivity index (χ1) is 8.36. The van der Waals surface area contributed by atoms with Crippen LogP contribution in [-0.4, -0.2) is 5.78 Å². The number of hydrogen-bond acceptors (Lipinski definition) is 1. The Hall–Kier alpha value is -1.11. The molecule has 1 aromatic rings. The van der Waals surface area contributed by atoms with Crippen LogP contribution < -0.4 is 0 Å². The molecule has 17 heavy (non-hydrogen) atoms. The molecule has 1 aromatic carbocycles. The minimum Gasteiger partial charge on any atom is -0.294 e. The summed E-state index contributed by atoms with van der Waals surface area (Å²) in [5.74, 6) is 1.84. The maximum Gasteiger partial charge on any atom is 0.163 e. The minimum absolute atomic E-state index is 0.354. The fourth-order valence-corrected chi connectivity index (χ4v) is 3.68. The van der Waals surface area contributed by atoms with Crippen molar-refractivity contribution in [1.29, 1.82) is 0 Å². The van der Waals surface area contributed by atoms with Crippen molar-refractivity contribution in [2.24, 2.45) is 5.92 Å². The first-order valence-corrected chi connectivity index (χ1v) is 6.98. The zero-order valence-electron chi connectivity index (χ0n) is 10.3. The Morgan fingerprint density at radius 1 is 0.941 bits per heavy atom. The molecule has 1 fully saturated rings. The molecule has 0 unspecified atom stereocenters. The summed E-state index contributed by atoms with van der Waals surface area (Å²) in [4.78, 5) is 11.9. The number of carbonyl (C=O) groups excluding carboxylic acids is 1. The molecule has 0 radical (unpaired) electrons. The number of fused-ring (bicyclic) bond motifs is 1. The van der Waals surface area contributed by atoms with Gasteiger partial charge in [0.15, 0.2) is 5.78 Å². The van der Waals surface area contributed by atoms with E-state index < -0.39 is 0 Å². The van der Waals surface area contributed by atoms with E-state index in [0.29, 0.717) is 11.7 Å². The van der Waals surface area contributed by atoms with Crippen molar-refractivity contribution in [3.8, 4) is 0 Å². The summed E-state index contributed by atoms with van der Waals surface area (Å²) in [6.07, 6.45) is 8.76. The monoisotopic (exact) mass is 228 g/mol. The fraction of sp³-hybridized carbons (Fsp3) is 0.562. The van der Waals surface area contributed by atoms with Gasteiger partial charge in [0.1, 0.15) is 0 Å². The largest absolute Gasteiger partial charge is 0.294 e. The van der Waals surface area contributed by atoms with Gasteiger partial charge in [-0.3, -0.25) is 4.79 Å². The van der Waals surface area contributed by atoms with Crippen molar-refractivity contribution >= 4 is 5.78 Å². The maximum absolute atomic E-state index is 11.9. The summed E-state index contributed by atoms with van der Waals surface area (Å²) in [5, 5.41) is 0. The Balaban J connectivity index is 1.91. The second-order valence-corrected chi connectivity index (χ2v) is 5.55. The lowest BCUT2D eigenvalue weighted by molar-refractivity contribution is 0.0958. The van der Waals surface area contributed by atoms with Crippen molar-refractivity contribution in [3.05, 3.63) is 35.4 Å². The van der Waals surface area contributed by atoms with Crippen LogP contribution in [0.25, 0.3) is 0 Å². The SMILES string of the molecule is O=C1CC[C@H](C2CCCCC2)c2ccccc21. The van der Waals surface area contributed by atoms with Crippen LogP contribution >= 0.6 is 0 Å². The van der Waals surface area contributed by atoms with E-state index in [-0.39, 0.29) is 0 Å². The van der Waals surface area contributed by atoms with E-state index in [1.807, 2.05) is 12.1 Å². The lowest BCUT2D eigenvalue weighted by atomic mass is 9.70. The first-order valence-electron chi connectivity index (χ1n) is 6.98. The molecule has 1 atom stereocenters. The van der Waals surface area contributed by atoms with Gasteiger partial charge in [-0.15, -0.1) is 0 Å². The van der Waals surface area contributed by atoms with Gasteiger partial charge < -0.3 is 0 Å². The smallest absolute Gasteiger partial charge is 0.163 e. The molecule has 0 aromatic heterocycles. The van der Waals surface area contributed by atoms with Gasteiger partial charge in [-0.1, -0.05) is 43.5 Å². The number of Topliss-reactive ketones (excluding diaryl/α,β-unsaturated/α-hetero) is 1. The van der Waals surface area contributed by atoms with Crippen LogP contribution in [0.5, 0.6) is 0 Å². The van der Waals surface area contributed by atoms with E-state index in [2.05, 4.69) is 12.1 Å².